The summed E-state index contributed by atoms with van der Waals surface area (Å²) in [5, 5.41) is 3.38. The van der Waals surface area contributed by atoms with Gasteiger partial charge in [-0.3, -0.25) is 9.79 Å². The molecule has 0 saturated carbocycles. The van der Waals surface area contributed by atoms with Crippen LogP contribution in [-0.2, 0) is 11.2 Å². The third-order valence-electron chi connectivity index (χ3n) is 5.19. The van der Waals surface area contributed by atoms with Gasteiger partial charge in [-0.1, -0.05) is 18.2 Å². The van der Waals surface area contributed by atoms with E-state index in [1.807, 2.05) is 4.90 Å². The van der Waals surface area contributed by atoms with Gasteiger partial charge in [-0.2, -0.15) is 0 Å². The molecule has 1 aromatic carbocycles. The maximum Gasteiger partial charge on any atom is 0.224 e. The topological polar surface area (TPSA) is 47.9 Å². The number of guanidine groups is 1. The van der Waals surface area contributed by atoms with E-state index in [1.165, 1.54) is 17.7 Å². The Kier molecular flexibility index (Phi) is 8.18. The molecule has 1 amide bonds. The summed E-state index contributed by atoms with van der Waals surface area (Å²) in [6, 6.07) is 8.87. The van der Waals surface area contributed by atoms with Crippen LogP contribution in [0.5, 0.6) is 0 Å². The van der Waals surface area contributed by atoms with E-state index in [2.05, 4.69) is 48.3 Å². The monoisotopic (exact) mass is 470 g/mol. The second kappa shape index (κ2) is 10.1. The van der Waals surface area contributed by atoms with Crippen molar-refractivity contribution < 1.29 is 4.79 Å². The first-order valence-corrected chi connectivity index (χ1v) is 9.64. The van der Waals surface area contributed by atoms with E-state index in [1.54, 1.807) is 0 Å². The van der Waals surface area contributed by atoms with Gasteiger partial charge in [0, 0.05) is 37.8 Å². The number of aliphatic imine (C=N–C) groups is 1. The zero-order valence-electron chi connectivity index (χ0n) is 15.9. The van der Waals surface area contributed by atoms with Crippen LogP contribution in [0.15, 0.2) is 29.3 Å². The van der Waals surface area contributed by atoms with E-state index in [0.29, 0.717) is 19.0 Å². The molecule has 144 valence electrons. The lowest BCUT2D eigenvalue weighted by molar-refractivity contribution is -0.134. The lowest BCUT2D eigenvalue weighted by atomic mass is 10.0. The molecule has 2 aliphatic heterocycles. The summed E-state index contributed by atoms with van der Waals surface area (Å²) in [5.41, 5.74) is 2.60. The van der Waals surface area contributed by atoms with E-state index in [-0.39, 0.29) is 29.9 Å². The Balaban J connectivity index is 0.00000243. The van der Waals surface area contributed by atoms with Gasteiger partial charge in [0.2, 0.25) is 5.91 Å². The first-order chi connectivity index (χ1) is 12.2. The van der Waals surface area contributed by atoms with Crippen LogP contribution in [0.4, 0.5) is 5.69 Å². The van der Waals surface area contributed by atoms with Gasteiger partial charge in [-0.15, -0.1) is 24.0 Å². The Morgan fingerprint density at radius 3 is 2.85 bits per heavy atom. The van der Waals surface area contributed by atoms with E-state index in [9.17, 15) is 4.79 Å². The van der Waals surface area contributed by atoms with Crippen molar-refractivity contribution in [2.75, 3.05) is 31.1 Å². The number of rotatable bonds is 4. The van der Waals surface area contributed by atoms with Crippen LogP contribution in [0.2, 0.25) is 0 Å². The van der Waals surface area contributed by atoms with Gasteiger partial charge >= 0.3 is 0 Å². The number of fused-ring (bicyclic) bond motifs is 1. The van der Waals surface area contributed by atoms with Gasteiger partial charge in [-0.25, -0.2) is 0 Å². The summed E-state index contributed by atoms with van der Waals surface area (Å²) in [4.78, 5) is 21.5. The molecule has 1 aromatic rings. The zero-order valence-corrected chi connectivity index (χ0v) is 18.2. The first kappa shape index (κ1) is 21.0. The van der Waals surface area contributed by atoms with E-state index < -0.39 is 0 Å². The average Bonchev–Trinajstić information content (AvgIpc) is 3.05. The summed E-state index contributed by atoms with van der Waals surface area (Å²) >= 11 is 0. The van der Waals surface area contributed by atoms with Crippen molar-refractivity contribution in [3.63, 3.8) is 0 Å². The lowest BCUT2D eigenvalue weighted by Crippen LogP contribution is -2.43. The molecule has 26 heavy (non-hydrogen) atoms. The summed E-state index contributed by atoms with van der Waals surface area (Å²) < 4.78 is 0. The number of halogens is 1. The number of nitrogens with one attached hydrogen (secondary N) is 1. The molecule has 1 atom stereocenters. The van der Waals surface area contributed by atoms with Crippen molar-refractivity contribution in [3.05, 3.63) is 29.8 Å². The molecule has 2 heterocycles. The number of anilines is 1. The highest BCUT2D eigenvalue weighted by atomic mass is 127. The highest BCUT2D eigenvalue weighted by Crippen LogP contribution is 2.27. The van der Waals surface area contributed by atoms with Gasteiger partial charge < -0.3 is 15.1 Å². The third-order valence-corrected chi connectivity index (χ3v) is 5.19. The second-order valence-corrected chi connectivity index (χ2v) is 6.95. The molecule has 0 spiro atoms. The second-order valence-electron chi connectivity index (χ2n) is 6.95. The van der Waals surface area contributed by atoms with Crippen LogP contribution in [0.25, 0.3) is 0 Å². The Morgan fingerprint density at radius 1 is 1.27 bits per heavy atom. The van der Waals surface area contributed by atoms with Crippen molar-refractivity contribution in [1.29, 1.82) is 0 Å². The molecule has 5 nitrogen and oxygen atoms in total. The minimum Gasteiger partial charge on any atom is -0.356 e. The number of carbonyl (C=O) groups is 1. The van der Waals surface area contributed by atoms with Crippen molar-refractivity contribution in [2.24, 2.45) is 4.99 Å². The van der Waals surface area contributed by atoms with Crippen LogP contribution in [0.1, 0.15) is 45.1 Å². The van der Waals surface area contributed by atoms with E-state index in [0.717, 1.165) is 44.9 Å². The molecule has 6 heteroatoms. The first-order valence-electron chi connectivity index (χ1n) is 9.64. The van der Waals surface area contributed by atoms with Crippen LogP contribution in [0.3, 0.4) is 0 Å². The largest absolute Gasteiger partial charge is 0.356 e. The van der Waals surface area contributed by atoms with E-state index >= 15 is 0 Å². The fourth-order valence-corrected chi connectivity index (χ4v) is 3.82. The van der Waals surface area contributed by atoms with Crippen LogP contribution >= 0.6 is 24.0 Å². The minimum atomic E-state index is 0. The molecule has 0 bridgehead atoms. The molecule has 3 rings (SSSR count). The normalized spacial score (nSPS) is 19.8. The number of para-hydroxylation sites is 1. The molecule has 1 fully saturated rings. The lowest BCUT2D eigenvalue weighted by Gasteiger charge is -2.33. The van der Waals surface area contributed by atoms with Crippen LogP contribution < -0.4 is 10.2 Å². The summed E-state index contributed by atoms with van der Waals surface area (Å²) in [5.74, 6) is 1.14. The summed E-state index contributed by atoms with van der Waals surface area (Å²) in [6.45, 7) is 7.47. The Labute approximate surface area is 174 Å². The van der Waals surface area contributed by atoms with Crippen molar-refractivity contribution in [2.45, 2.75) is 52.0 Å². The Hall–Kier alpha value is -1.31. The Bertz CT molecular complexity index is 634. The fourth-order valence-electron chi connectivity index (χ4n) is 3.82. The number of nitrogens with zero attached hydrogens (tertiary/aromatic N) is 3. The van der Waals surface area contributed by atoms with Crippen LogP contribution in [-0.4, -0.2) is 49.0 Å². The Morgan fingerprint density at radius 2 is 2.08 bits per heavy atom. The predicted octanol–water partition coefficient (Wildman–Crippen LogP) is 3.42. The zero-order chi connectivity index (χ0) is 17.6. The number of benzene rings is 1. The SMILES string of the molecule is CCNC(=NCCC(=O)N1CCCCC1C)N1CCc2ccccc21.I. The number of hydrogen-bond donors (Lipinski definition) is 1. The minimum absolute atomic E-state index is 0. The molecule has 1 unspecified atom stereocenters. The molecular formula is C20H31IN4O. The van der Waals surface area contributed by atoms with Crippen molar-refractivity contribution in [3.8, 4) is 0 Å². The molecule has 0 radical (unpaired) electrons. The highest BCUT2D eigenvalue weighted by Gasteiger charge is 2.24. The maximum absolute atomic E-state index is 12.5. The van der Waals surface area contributed by atoms with E-state index in [4.69, 9.17) is 4.99 Å². The smallest absolute Gasteiger partial charge is 0.224 e. The number of piperidine rings is 1. The summed E-state index contributed by atoms with van der Waals surface area (Å²) in [7, 11) is 0. The molecule has 0 aromatic heterocycles. The fraction of sp³-hybridized carbons (Fsp3) is 0.600. The van der Waals surface area contributed by atoms with Crippen LogP contribution in [0, 0.1) is 0 Å². The predicted molar refractivity (Wildman–Crippen MR) is 119 cm³/mol. The van der Waals surface area contributed by atoms with Gasteiger partial charge in [-0.05, 0) is 51.2 Å². The van der Waals surface area contributed by atoms with Gasteiger partial charge in [0.05, 0.1) is 6.54 Å². The van der Waals surface area contributed by atoms with Gasteiger partial charge in [0.15, 0.2) is 5.96 Å². The quantitative estimate of drug-likeness (QED) is 0.417. The average molecular weight is 470 g/mol. The molecular weight excluding hydrogens is 439 g/mol. The number of carbonyl (C=O) groups excluding carboxylic acids is 1. The highest BCUT2D eigenvalue weighted by molar-refractivity contribution is 14.0. The number of amides is 1. The van der Waals surface area contributed by atoms with Gasteiger partial charge in [0.1, 0.15) is 0 Å². The molecule has 1 saturated heterocycles. The summed E-state index contributed by atoms with van der Waals surface area (Å²) in [6.07, 6.45) is 5.04. The third kappa shape index (κ3) is 4.90. The maximum atomic E-state index is 12.5. The molecule has 2 aliphatic rings. The molecule has 1 N–H and O–H groups in total. The van der Waals surface area contributed by atoms with Gasteiger partial charge in [0.25, 0.3) is 0 Å². The number of hydrogen-bond acceptors (Lipinski definition) is 2. The number of likely N-dealkylation sites (tertiary alicyclic amines) is 1. The van der Waals surface area contributed by atoms with Crippen molar-refractivity contribution in [1.82, 2.24) is 10.2 Å². The standard InChI is InChI=1S/C20H30N4O.HI/c1-3-21-20(24-15-12-17-9-4-5-10-18(17)24)22-13-11-19(25)23-14-7-6-8-16(23)2;/h4-5,9-10,16H,3,6-8,11-15H2,1-2H3,(H,21,22);1H. The molecule has 0 aliphatic carbocycles. The van der Waals surface area contributed by atoms with Crippen molar-refractivity contribution >= 4 is 41.5 Å².